The van der Waals surface area contributed by atoms with E-state index in [0.717, 1.165) is 24.2 Å². The molecule has 2 aliphatic heterocycles. The summed E-state index contributed by atoms with van der Waals surface area (Å²) in [4.78, 5) is 26.0. The maximum atomic E-state index is 12.2. The van der Waals surface area contributed by atoms with Crippen LogP contribution in [0.4, 0.5) is 16.2 Å². The van der Waals surface area contributed by atoms with Crippen LogP contribution in [-0.4, -0.2) is 50.8 Å². The van der Waals surface area contributed by atoms with Crippen LogP contribution in [0.25, 0.3) is 0 Å². The van der Waals surface area contributed by atoms with Gasteiger partial charge < -0.3 is 20.7 Å². The van der Waals surface area contributed by atoms with E-state index in [1.54, 1.807) is 4.90 Å². The van der Waals surface area contributed by atoms with E-state index >= 15 is 0 Å². The maximum absolute atomic E-state index is 12.2. The van der Waals surface area contributed by atoms with Crippen LogP contribution in [0.3, 0.4) is 0 Å². The minimum Gasteiger partial charge on any atom is -0.366 e. The molecule has 0 saturated carbocycles. The summed E-state index contributed by atoms with van der Waals surface area (Å²) in [6.45, 7) is 4.96. The van der Waals surface area contributed by atoms with Gasteiger partial charge in [0, 0.05) is 31.9 Å². The fourth-order valence-electron chi connectivity index (χ4n) is 2.87. The van der Waals surface area contributed by atoms with E-state index in [2.05, 4.69) is 16.0 Å². The quantitative estimate of drug-likeness (QED) is 0.766. The van der Waals surface area contributed by atoms with E-state index < -0.39 is 6.10 Å². The van der Waals surface area contributed by atoms with Crippen molar-refractivity contribution < 1.29 is 14.3 Å². The second-order valence-electron chi connectivity index (χ2n) is 5.63. The van der Waals surface area contributed by atoms with Crippen LogP contribution < -0.4 is 20.9 Å². The van der Waals surface area contributed by atoms with Gasteiger partial charge in [-0.15, -0.1) is 0 Å². The zero-order valence-electron chi connectivity index (χ0n) is 13.2. The number of anilines is 2. The first-order valence-electron chi connectivity index (χ1n) is 8.00. The Morgan fingerprint density at radius 1 is 1.43 bits per heavy atom. The third kappa shape index (κ3) is 3.46. The van der Waals surface area contributed by atoms with Gasteiger partial charge >= 0.3 is 6.03 Å². The Morgan fingerprint density at radius 3 is 3.04 bits per heavy atom. The highest BCUT2D eigenvalue weighted by molar-refractivity contribution is 5.98. The molecule has 23 heavy (non-hydrogen) atoms. The van der Waals surface area contributed by atoms with Gasteiger partial charge in [-0.3, -0.25) is 9.69 Å². The summed E-state index contributed by atoms with van der Waals surface area (Å²) in [5.74, 6) is -0.167. The number of urea groups is 1. The molecule has 1 unspecified atom stereocenters. The Labute approximate surface area is 135 Å². The third-order valence-electron chi connectivity index (χ3n) is 4.04. The van der Waals surface area contributed by atoms with E-state index in [-0.39, 0.29) is 11.9 Å². The number of hydrogen-bond donors (Lipinski definition) is 3. The number of fused-ring (bicyclic) bond motifs is 1. The molecule has 0 bridgehead atoms. The van der Waals surface area contributed by atoms with Gasteiger partial charge in [0.05, 0.1) is 12.3 Å². The molecule has 7 nitrogen and oxygen atoms in total. The fraction of sp³-hybridized carbons (Fsp3) is 0.500. The highest BCUT2D eigenvalue weighted by Crippen LogP contribution is 2.31. The van der Waals surface area contributed by atoms with E-state index in [1.165, 1.54) is 0 Å². The number of nitrogens with zero attached hydrogens (tertiary/aromatic N) is 1. The van der Waals surface area contributed by atoms with Gasteiger partial charge in [0.25, 0.3) is 5.91 Å². The summed E-state index contributed by atoms with van der Waals surface area (Å²) in [6, 6.07) is 5.58. The Morgan fingerprint density at radius 2 is 2.30 bits per heavy atom. The summed E-state index contributed by atoms with van der Waals surface area (Å²) >= 11 is 0. The lowest BCUT2D eigenvalue weighted by atomic mass is 10.1. The number of hydrogen-bond acceptors (Lipinski definition) is 4. The predicted octanol–water partition coefficient (Wildman–Crippen LogP) is 0.705. The number of ether oxygens (including phenoxy) is 1. The number of carbonyl (C=O) groups is 2. The van der Waals surface area contributed by atoms with Crippen LogP contribution >= 0.6 is 0 Å². The molecule has 1 aromatic rings. The van der Waals surface area contributed by atoms with Crippen molar-refractivity contribution >= 4 is 23.3 Å². The standard InChI is InChI=1S/C16H22N4O3/c1-2-18-16(22)20-7-5-11-3-4-12(9-13(11)20)19-15(21)14-10-17-6-8-23-14/h3-4,9,14,17H,2,5-8,10H2,1H3,(H,18,22)(H,19,21). The molecule has 0 radical (unpaired) electrons. The van der Waals surface area contributed by atoms with E-state index in [4.69, 9.17) is 4.74 Å². The Kier molecular flexibility index (Phi) is 4.78. The molecule has 3 rings (SSSR count). The summed E-state index contributed by atoms with van der Waals surface area (Å²) in [6.07, 6.45) is 0.354. The lowest BCUT2D eigenvalue weighted by molar-refractivity contribution is -0.128. The van der Waals surface area contributed by atoms with Crippen LogP contribution in [0, 0.1) is 0 Å². The predicted molar refractivity (Wildman–Crippen MR) is 87.8 cm³/mol. The van der Waals surface area contributed by atoms with E-state index in [9.17, 15) is 9.59 Å². The van der Waals surface area contributed by atoms with Crippen molar-refractivity contribution in [3.8, 4) is 0 Å². The first-order chi connectivity index (χ1) is 11.2. The smallest absolute Gasteiger partial charge is 0.321 e. The molecule has 7 heteroatoms. The van der Waals surface area contributed by atoms with Gasteiger partial charge in [-0.1, -0.05) is 6.07 Å². The van der Waals surface area contributed by atoms with E-state index in [0.29, 0.717) is 31.9 Å². The van der Waals surface area contributed by atoms with E-state index in [1.807, 2.05) is 25.1 Å². The third-order valence-corrected chi connectivity index (χ3v) is 4.04. The van der Waals surface area contributed by atoms with Gasteiger partial charge in [-0.2, -0.15) is 0 Å². The van der Waals surface area contributed by atoms with Gasteiger partial charge in [-0.05, 0) is 31.0 Å². The average Bonchev–Trinajstić information content (AvgIpc) is 2.99. The van der Waals surface area contributed by atoms with Gasteiger partial charge in [0.2, 0.25) is 0 Å². The first-order valence-corrected chi connectivity index (χ1v) is 8.00. The van der Waals surface area contributed by atoms with Crippen molar-refractivity contribution in [3.63, 3.8) is 0 Å². The lowest BCUT2D eigenvalue weighted by Gasteiger charge is -2.23. The molecular weight excluding hydrogens is 296 g/mol. The summed E-state index contributed by atoms with van der Waals surface area (Å²) in [5.41, 5.74) is 2.65. The Hall–Kier alpha value is -2.12. The van der Waals surface area contributed by atoms with Crippen LogP contribution in [-0.2, 0) is 16.0 Å². The van der Waals surface area contributed by atoms with Crippen LogP contribution in [0.5, 0.6) is 0 Å². The number of rotatable bonds is 3. The molecule has 1 aromatic carbocycles. The van der Waals surface area contributed by atoms with Crippen molar-refractivity contribution in [2.75, 3.05) is 43.0 Å². The number of carbonyl (C=O) groups excluding carboxylic acids is 2. The number of nitrogens with one attached hydrogen (secondary N) is 3. The molecule has 124 valence electrons. The van der Waals surface area contributed by atoms with Crippen molar-refractivity contribution in [1.29, 1.82) is 0 Å². The van der Waals surface area contributed by atoms with Gasteiger partial charge in [-0.25, -0.2) is 4.79 Å². The van der Waals surface area contributed by atoms with Gasteiger partial charge in [0.1, 0.15) is 6.10 Å². The fourth-order valence-corrected chi connectivity index (χ4v) is 2.87. The number of benzene rings is 1. The molecule has 3 amide bonds. The molecule has 1 fully saturated rings. The largest absolute Gasteiger partial charge is 0.366 e. The van der Waals surface area contributed by atoms with Crippen molar-refractivity contribution in [2.45, 2.75) is 19.4 Å². The molecule has 0 aromatic heterocycles. The van der Waals surface area contributed by atoms with Crippen molar-refractivity contribution in [2.24, 2.45) is 0 Å². The zero-order chi connectivity index (χ0) is 16.2. The van der Waals surface area contributed by atoms with Crippen LogP contribution in [0.2, 0.25) is 0 Å². The van der Waals surface area contributed by atoms with Crippen molar-refractivity contribution in [1.82, 2.24) is 10.6 Å². The molecule has 2 aliphatic rings. The highest BCUT2D eigenvalue weighted by atomic mass is 16.5. The second-order valence-corrected chi connectivity index (χ2v) is 5.63. The monoisotopic (exact) mass is 318 g/mol. The van der Waals surface area contributed by atoms with Crippen molar-refractivity contribution in [3.05, 3.63) is 23.8 Å². The maximum Gasteiger partial charge on any atom is 0.321 e. The molecule has 1 saturated heterocycles. The molecule has 0 spiro atoms. The molecule has 2 heterocycles. The van der Waals surface area contributed by atoms with Crippen LogP contribution in [0.1, 0.15) is 12.5 Å². The van der Waals surface area contributed by atoms with Gasteiger partial charge in [0.15, 0.2) is 0 Å². The molecule has 1 atom stereocenters. The minimum atomic E-state index is -0.475. The first kappa shape index (κ1) is 15.8. The Bertz CT molecular complexity index is 599. The molecule has 3 N–H and O–H groups in total. The second kappa shape index (κ2) is 6.97. The number of amides is 3. The van der Waals surface area contributed by atoms with Crippen LogP contribution in [0.15, 0.2) is 18.2 Å². The number of morpholine rings is 1. The topological polar surface area (TPSA) is 82.7 Å². The SMILES string of the molecule is CCNC(=O)N1CCc2ccc(NC(=O)C3CNCCO3)cc21. The highest BCUT2D eigenvalue weighted by Gasteiger charge is 2.26. The lowest BCUT2D eigenvalue weighted by Crippen LogP contribution is -2.45. The molecule has 0 aliphatic carbocycles. The zero-order valence-corrected chi connectivity index (χ0v) is 13.2. The normalized spacial score (nSPS) is 20.0. The Balaban J connectivity index is 1.71. The summed E-state index contributed by atoms with van der Waals surface area (Å²) in [7, 11) is 0. The minimum absolute atomic E-state index is 0.102. The summed E-state index contributed by atoms with van der Waals surface area (Å²) in [5, 5.41) is 8.81. The summed E-state index contributed by atoms with van der Waals surface area (Å²) < 4.78 is 5.45. The average molecular weight is 318 g/mol. The molecular formula is C16H22N4O3.